The molecule has 2 aromatic rings. The van der Waals surface area contributed by atoms with Crippen LogP contribution in [0, 0.1) is 0 Å². The van der Waals surface area contributed by atoms with Crippen LogP contribution in [0.15, 0.2) is 36.7 Å². The maximum absolute atomic E-state index is 12.5. The molecule has 1 amide bonds. The Morgan fingerprint density at radius 3 is 2.68 bits per heavy atom. The summed E-state index contributed by atoms with van der Waals surface area (Å²) in [5.74, 6) is 1.25. The molecule has 1 fully saturated rings. The third kappa shape index (κ3) is 4.51. The lowest BCUT2D eigenvalue weighted by Gasteiger charge is -2.23. The molecule has 0 saturated carbocycles. The van der Waals surface area contributed by atoms with Gasteiger partial charge in [0.25, 0.3) is 0 Å². The van der Waals surface area contributed by atoms with Crippen LogP contribution in [0.1, 0.15) is 12.8 Å². The van der Waals surface area contributed by atoms with Gasteiger partial charge in [-0.1, -0.05) is 0 Å². The van der Waals surface area contributed by atoms with Crippen LogP contribution in [0.2, 0.25) is 0 Å². The van der Waals surface area contributed by atoms with Gasteiger partial charge >= 0.3 is 0 Å². The van der Waals surface area contributed by atoms with E-state index in [0.29, 0.717) is 29.8 Å². The highest BCUT2D eigenvalue weighted by molar-refractivity contribution is 5.92. The van der Waals surface area contributed by atoms with Crippen molar-refractivity contribution >= 4 is 11.6 Å². The van der Waals surface area contributed by atoms with Gasteiger partial charge in [-0.3, -0.25) is 14.4 Å². The SMILES string of the molecule is COc1cc(NC(=O)CN2CCCC2Cn2cccn2)cc(OC)c1. The lowest BCUT2D eigenvalue weighted by molar-refractivity contribution is -0.117. The Bertz CT molecular complexity index is 680. The zero-order valence-corrected chi connectivity index (χ0v) is 14.6. The quantitative estimate of drug-likeness (QED) is 0.832. The van der Waals surface area contributed by atoms with Gasteiger partial charge in [0.1, 0.15) is 11.5 Å². The first kappa shape index (κ1) is 17.3. The van der Waals surface area contributed by atoms with Crippen molar-refractivity contribution in [2.75, 3.05) is 32.6 Å². The van der Waals surface area contributed by atoms with Gasteiger partial charge < -0.3 is 14.8 Å². The molecule has 25 heavy (non-hydrogen) atoms. The number of ether oxygens (including phenoxy) is 2. The number of nitrogens with one attached hydrogen (secondary N) is 1. The summed E-state index contributed by atoms with van der Waals surface area (Å²) in [6.45, 7) is 2.11. The summed E-state index contributed by atoms with van der Waals surface area (Å²) >= 11 is 0. The normalized spacial score (nSPS) is 17.4. The Morgan fingerprint density at radius 1 is 1.28 bits per heavy atom. The van der Waals surface area contributed by atoms with Gasteiger partial charge in [0.2, 0.25) is 5.91 Å². The van der Waals surface area contributed by atoms with Gasteiger partial charge in [-0.2, -0.15) is 5.10 Å². The molecule has 134 valence electrons. The second-order valence-electron chi connectivity index (χ2n) is 6.14. The number of hydrogen-bond acceptors (Lipinski definition) is 5. The Balaban J connectivity index is 1.60. The van der Waals surface area contributed by atoms with Gasteiger partial charge in [0.15, 0.2) is 0 Å². The zero-order valence-electron chi connectivity index (χ0n) is 14.6. The molecule has 2 heterocycles. The molecule has 0 bridgehead atoms. The van der Waals surface area contributed by atoms with Crippen LogP contribution in [0.3, 0.4) is 0 Å². The molecule has 1 unspecified atom stereocenters. The number of nitrogens with zero attached hydrogens (tertiary/aromatic N) is 3. The van der Waals surface area contributed by atoms with Gasteiger partial charge in [-0.15, -0.1) is 0 Å². The first-order valence-corrected chi connectivity index (χ1v) is 8.42. The third-order valence-electron chi connectivity index (χ3n) is 4.44. The Morgan fingerprint density at radius 2 is 2.04 bits per heavy atom. The summed E-state index contributed by atoms with van der Waals surface area (Å²) in [6.07, 6.45) is 5.92. The Labute approximate surface area is 147 Å². The van der Waals surface area contributed by atoms with Crippen LogP contribution in [-0.2, 0) is 11.3 Å². The topological polar surface area (TPSA) is 68.6 Å². The molecule has 1 aliphatic heterocycles. The minimum absolute atomic E-state index is 0.0392. The molecule has 1 aromatic heterocycles. The van der Waals surface area contributed by atoms with Crippen LogP contribution in [0.5, 0.6) is 11.5 Å². The van der Waals surface area contributed by atoms with E-state index in [1.165, 1.54) is 0 Å². The lowest BCUT2D eigenvalue weighted by atomic mass is 10.2. The highest BCUT2D eigenvalue weighted by Gasteiger charge is 2.26. The number of rotatable bonds is 7. The van der Waals surface area contributed by atoms with Crippen LogP contribution < -0.4 is 14.8 Å². The number of anilines is 1. The number of methoxy groups -OCH3 is 2. The zero-order chi connectivity index (χ0) is 17.6. The van der Waals surface area contributed by atoms with Crippen LogP contribution >= 0.6 is 0 Å². The molecule has 7 heteroatoms. The number of benzene rings is 1. The average molecular weight is 344 g/mol. The van der Waals surface area contributed by atoms with Crippen molar-refractivity contribution in [2.45, 2.75) is 25.4 Å². The molecule has 1 aromatic carbocycles. The van der Waals surface area contributed by atoms with Crippen molar-refractivity contribution in [1.82, 2.24) is 14.7 Å². The second-order valence-corrected chi connectivity index (χ2v) is 6.14. The second kappa shape index (κ2) is 8.02. The minimum atomic E-state index is -0.0392. The van der Waals surface area contributed by atoms with Gasteiger partial charge in [0.05, 0.1) is 27.3 Å². The summed E-state index contributed by atoms with van der Waals surface area (Å²) in [5, 5.41) is 7.20. The van der Waals surface area contributed by atoms with Crippen LogP contribution in [0.25, 0.3) is 0 Å². The molecular weight excluding hydrogens is 320 g/mol. The fraction of sp³-hybridized carbons (Fsp3) is 0.444. The molecule has 1 saturated heterocycles. The van der Waals surface area contributed by atoms with E-state index in [9.17, 15) is 4.79 Å². The van der Waals surface area contributed by atoms with E-state index in [2.05, 4.69) is 15.3 Å². The van der Waals surface area contributed by atoms with Gasteiger partial charge in [0, 0.05) is 42.3 Å². The summed E-state index contributed by atoms with van der Waals surface area (Å²) in [6, 6.07) is 7.60. The first-order chi connectivity index (χ1) is 12.2. The molecule has 3 rings (SSSR count). The molecule has 1 atom stereocenters. The fourth-order valence-corrected chi connectivity index (χ4v) is 3.20. The van der Waals surface area contributed by atoms with Crippen molar-refractivity contribution in [3.05, 3.63) is 36.7 Å². The van der Waals surface area contributed by atoms with Crippen molar-refractivity contribution in [2.24, 2.45) is 0 Å². The molecule has 1 N–H and O–H groups in total. The Kier molecular flexibility index (Phi) is 5.55. The van der Waals surface area contributed by atoms with E-state index in [0.717, 1.165) is 25.9 Å². The van der Waals surface area contributed by atoms with E-state index >= 15 is 0 Å². The number of amides is 1. The average Bonchev–Trinajstić information content (AvgIpc) is 3.27. The van der Waals surface area contributed by atoms with Crippen LogP contribution in [-0.4, -0.2) is 53.9 Å². The van der Waals surface area contributed by atoms with Crippen molar-refractivity contribution in [1.29, 1.82) is 0 Å². The number of hydrogen-bond donors (Lipinski definition) is 1. The summed E-state index contributed by atoms with van der Waals surface area (Å²) < 4.78 is 12.4. The summed E-state index contributed by atoms with van der Waals surface area (Å²) in [7, 11) is 3.18. The number of likely N-dealkylation sites (tertiary alicyclic amines) is 1. The van der Waals surface area contributed by atoms with Crippen molar-refractivity contribution in [3.8, 4) is 11.5 Å². The molecule has 0 radical (unpaired) electrons. The maximum atomic E-state index is 12.5. The minimum Gasteiger partial charge on any atom is -0.497 e. The predicted octanol–water partition coefficient (Wildman–Crippen LogP) is 2.00. The highest BCUT2D eigenvalue weighted by Crippen LogP contribution is 2.26. The highest BCUT2D eigenvalue weighted by atomic mass is 16.5. The fourth-order valence-electron chi connectivity index (χ4n) is 3.20. The standard InChI is InChI=1S/C18H24N4O3/c1-24-16-9-14(10-17(11-16)25-2)20-18(23)13-21-7-3-5-15(21)12-22-8-4-6-19-22/h4,6,8-11,15H,3,5,7,12-13H2,1-2H3,(H,20,23). The summed E-state index contributed by atoms with van der Waals surface area (Å²) in [4.78, 5) is 14.7. The Hall–Kier alpha value is -2.54. The van der Waals surface area contributed by atoms with Gasteiger partial charge in [-0.05, 0) is 25.5 Å². The molecular formula is C18H24N4O3. The third-order valence-corrected chi connectivity index (χ3v) is 4.44. The van der Waals surface area contributed by atoms with Crippen molar-refractivity contribution in [3.63, 3.8) is 0 Å². The van der Waals surface area contributed by atoms with Crippen LogP contribution in [0.4, 0.5) is 5.69 Å². The maximum Gasteiger partial charge on any atom is 0.238 e. The van der Waals surface area contributed by atoms with E-state index < -0.39 is 0 Å². The number of aromatic nitrogens is 2. The number of carbonyl (C=O) groups is 1. The smallest absolute Gasteiger partial charge is 0.238 e. The van der Waals surface area contributed by atoms with E-state index in [1.807, 2.05) is 16.9 Å². The predicted molar refractivity (Wildman–Crippen MR) is 95.0 cm³/mol. The largest absolute Gasteiger partial charge is 0.497 e. The monoisotopic (exact) mass is 344 g/mol. The van der Waals surface area contributed by atoms with Crippen molar-refractivity contribution < 1.29 is 14.3 Å². The molecule has 7 nitrogen and oxygen atoms in total. The molecule has 1 aliphatic rings. The van der Waals surface area contributed by atoms with E-state index in [1.54, 1.807) is 38.6 Å². The molecule has 0 aliphatic carbocycles. The van der Waals surface area contributed by atoms with E-state index in [-0.39, 0.29) is 5.91 Å². The summed E-state index contributed by atoms with van der Waals surface area (Å²) in [5.41, 5.74) is 0.670. The molecule has 0 spiro atoms. The van der Waals surface area contributed by atoms with E-state index in [4.69, 9.17) is 9.47 Å². The number of carbonyl (C=O) groups excluding carboxylic acids is 1. The van der Waals surface area contributed by atoms with Gasteiger partial charge in [-0.25, -0.2) is 0 Å². The first-order valence-electron chi connectivity index (χ1n) is 8.42. The lowest BCUT2D eigenvalue weighted by Crippen LogP contribution is -2.39.